The van der Waals surface area contributed by atoms with Crippen molar-refractivity contribution in [1.29, 1.82) is 0 Å². The summed E-state index contributed by atoms with van der Waals surface area (Å²) < 4.78 is 13.7. The molecule has 1 N–H and O–H groups in total. The molecule has 31 heavy (non-hydrogen) atoms. The van der Waals surface area contributed by atoms with Crippen LogP contribution < -0.4 is 14.8 Å². The van der Waals surface area contributed by atoms with Crippen molar-refractivity contribution >= 4 is 0 Å². The van der Waals surface area contributed by atoms with Crippen molar-refractivity contribution < 1.29 is 9.47 Å². The Bertz CT molecular complexity index is 1020. The second kappa shape index (κ2) is 8.36. The van der Waals surface area contributed by atoms with Crippen LogP contribution >= 0.6 is 0 Å². The highest BCUT2D eigenvalue weighted by Crippen LogP contribution is 2.44. The molecule has 0 amide bonds. The number of para-hydroxylation sites is 1. The topological polar surface area (TPSA) is 51.5 Å². The average Bonchev–Trinajstić information content (AvgIpc) is 3.29. The summed E-state index contributed by atoms with van der Waals surface area (Å²) in [7, 11) is 3.87. The predicted molar refractivity (Wildman–Crippen MR) is 121 cm³/mol. The zero-order valence-corrected chi connectivity index (χ0v) is 18.3. The number of benzene rings is 2. The van der Waals surface area contributed by atoms with Crippen LogP contribution in [0.3, 0.4) is 0 Å². The number of nitrogens with zero attached hydrogens (tertiary/aromatic N) is 3. The maximum atomic E-state index is 6.58. The summed E-state index contributed by atoms with van der Waals surface area (Å²) in [6.45, 7) is 2.89. The molecule has 1 aromatic heterocycles. The lowest BCUT2D eigenvalue weighted by molar-refractivity contribution is -0.0205. The van der Waals surface area contributed by atoms with Crippen molar-refractivity contribution in [2.75, 3.05) is 27.2 Å². The summed E-state index contributed by atoms with van der Waals surface area (Å²) in [6.07, 6.45) is 5.15. The van der Waals surface area contributed by atoms with E-state index in [-0.39, 0.29) is 11.6 Å². The molecule has 5 rings (SSSR count). The molecule has 0 saturated carbocycles. The molecule has 2 aliphatic rings. The van der Waals surface area contributed by atoms with Gasteiger partial charge in [-0.15, -0.1) is 0 Å². The van der Waals surface area contributed by atoms with E-state index < -0.39 is 0 Å². The van der Waals surface area contributed by atoms with E-state index in [0.717, 1.165) is 61.8 Å². The number of hydrogen-bond acceptors (Lipinski definition) is 5. The number of fused-ring (bicyclic) bond motifs is 1. The minimum Gasteiger partial charge on any atom is -0.497 e. The molecular formula is C25H30N4O2. The fraction of sp³-hybridized carbons (Fsp3) is 0.400. The molecule has 1 spiro atoms. The number of piperidine rings is 1. The van der Waals surface area contributed by atoms with Crippen LogP contribution in [0.25, 0.3) is 5.69 Å². The average molecular weight is 419 g/mol. The molecule has 0 bridgehead atoms. The molecule has 6 heteroatoms. The van der Waals surface area contributed by atoms with Crippen LogP contribution in [0.15, 0.2) is 60.8 Å². The van der Waals surface area contributed by atoms with E-state index in [1.165, 1.54) is 5.56 Å². The molecule has 162 valence electrons. The molecule has 1 fully saturated rings. The fourth-order valence-electron chi connectivity index (χ4n) is 4.70. The van der Waals surface area contributed by atoms with E-state index in [0.29, 0.717) is 0 Å². The van der Waals surface area contributed by atoms with Gasteiger partial charge in [-0.05, 0) is 56.3 Å². The monoisotopic (exact) mass is 418 g/mol. The number of hydrogen-bond donors (Lipinski definition) is 1. The lowest BCUT2D eigenvalue weighted by atomic mass is 9.80. The summed E-state index contributed by atoms with van der Waals surface area (Å²) in [4.78, 5) is 2.39. The second-order valence-electron chi connectivity index (χ2n) is 8.71. The summed E-state index contributed by atoms with van der Waals surface area (Å²) in [5.74, 6) is 1.87. The summed E-state index contributed by atoms with van der Waals surface area (Å²) >= 11 is 0. The standard InChI is InChI=1S/C25H30N4O2/c1-28-15-12-25(13-16-28)17-23(22-5-3-4-6-24(22)31-25)26-18-19-11-14-29(27-19)20-7-9-21(30-2)10-8-20/h3-11,14,23,26H,12-13,15-18H2,1-2H3/t23-/m0/s1. The number of methoxy groups -OCH3 is 1. The van der Waals surface area contributed by atoms with Crippen LogP contribution in [-0.2, 0) is 6.54 Å². The Morgan fingerprint density at radius 1 is 1.10 bits per heavy atom. The first kappa shape index (κ1) is 20.1. The second-order valence-corrected chi connectivity index (χ2v) is 8.71. The minimum absolute atomic E-state index is 0.0685. The van der Waals surface area contributed by atoms with Crippen molar-refractivity contribution in [3.8, 4) is 17.2 Å². The van der Waals surface area contributed by atoms with E-state index in [2.05, 4.69) is 47.6 Å². The number of ether oxygens (including phenoxy) is 2. The molecule has 0 aliphatic carbocycles. The minimum atomic E-state index is -0.0685. The molecule has 2 aliphatic heterocycles. The van der Waals surface area contributed by atoms with Crippen LogP contribution in [0.4, 0.5) is 0 Å². The van der Waals surface area contributed by atoms with E-state index >= 15 is 0 Å². The molecular weight excluding hydrogens is 388 g/mol. The third-order valence-corrected chi connectivity index (χ3v) is 6.61. The first-order valence-corrected chi connectivity index (χ1v) is 11.0. The van der Waals surface area contributed by atoms with Gasteiger partial charge in [-0.1, -0.05) is 18.2 Å². The van der Waals surface area contributed by atoms with Gasteiger partial charge in [0, 0.05) is 43.9 Å². The van der Waals surface area contributed by atoms with Gasteiger partial charge in [-0.3, -0.25) is 0 Å². The van der Waals surface area contributed by atoms with Crippen LogP contribution in [0.1, 0.15) is 36.6 Å². The van der Waals surface area contributed by atoms with E-state index in [9.17, 15) is 0 Å². The van der Waals surface area contributed by atoms with Crippen molar-refractivity contribution in [3.05, 3.63) is 72.1 Å². The molecule has 0 radical (unpaired) electrons. The Morgan fingerprint density at radius 2 is 1.87 bits per heavy atom. The Hall–Kier alpha value is -2.83. The number of aromatic nitrogens is 2. The zero-order chi connectivity index (χ0) is 21.3. The first-order chi connectivity index (χ1) is 15.1. The summed E-state index contributed by atoms with van der Waals surface area (Å²) in [5.41, 5.74) is 3.23. The van der Waals surface area contributed by atoms with Gasteiger partial charge in [0.2, 0.25) is 0 Å². The van der Waals surface area contributed by atoms with E-state index in [1.54, 1.807) is 7.11 Å². The van der Waals surface area contributed by atoms with Crippen molar-refractivity contribution in [2.24, 2.45) is 0 Å². The van der Waals surface area contributed by atoms with Crippen LogP contribution in [0, 0.1) is 0 Å². The molecule has 1 saturated heterocycles. The molecule has 0 unspecified atom stereocenters. The van der Waals surface area contributed by atoms with Gasteiger partial charge in [0.15, 0.2) is 0 Å². The smallest absolute Gasteiger partial charge is 0.124 e. The fourth-order valence-corrected chi connectivity index (χ4v) is 4.70. The number of likely N-dealkylation sites (tertiary alicyclic amines) is 1. The number of rotatable bonds is 5. The van der Waals surface area contributed by atoms with Gasteiger partial charge in [0.1, 0.15) is 17.1 Å². The highest BCUT2D eigenvalue weighted by atomic mass is 16.5. The molecule has 3 heterocycles. The first-order valence-electron chi connectivity index (χ1n) is 11.0. The van der Waals surface area contributed by atoms with Gasteiger partial charge < -0.3 is 19.7 Å². The van der Waals surface area contributed by atoms with Crippen LogP contribution in [0.2, 0.25) is 0 Å². The third kappa shape index (κ3) is 4.18. The van der Waals surface area contributed by atoms with Crippen LogP contribution in [0.5, 0.6) is 11.5 Å². The molecule has 3 aromatic rings. The van der Waals surface area contributed by atoms with Crippen LogP contribution in [-0.4, -0.2) is 47.5 Å². The van der Waals surface area contributed by atoms with Crippen molar-refractivity contribution in [3.63, 3.8) is 0 Å². The SMILES string of the molecule is COc1ccc(-n2ccc(CN[C@H]3CC4(CCN(C)CC4)Oc4ccccc43)n2)cc1. The Balaban J connectivity index is 1.31. The zero-order valence-electron chi connectivity index (χ0n) is 18.3. The van der Waals surface area contributed by atoms with Gasteiger partial charge in [-0.2, -0.15) is 5.10 Å². The lowest BCUT2D eigenvalue weighted by Gasteiger charge is -2.46. The highest BCUT2D eigenvalue weighted by Gasteiger charge is 2.42. The van der Waals surface area contributed by atoms with Gasteiger partial charge in [0.25, 0.3) is 0 Å². The maximum absolute atomic E-state index is 6.58. The lowest BCUT2D eigenvalue weighted by Crippen LogP contribution is -2.51. The highest BCUT2D eigenvalue weighted by molar-refractivity contribution is 5.39. The summed E-state index contributed by atoms with van der Waals surface area (Å²) in [5, 5.41) is 8.54. The quantitative estimate of drug-likeness (QED) is 0.680. The normalized spacial score (nSPS) is 20.3. The largest absolute Gasteiger partial charge is 0.497 e. The Kier molecular flexibility index (Phi) is 5.42. The van der Waals surface area contributed by atoms with Gasteiger partial charge in [0.05, 0.1) is 18.5 Å². The Morgan fingerprint density at radius 3 is 2.65 bits per heavy atom. The van der Waals surface area contributed by atoms with Gasteiger partial charge >= 0.3 is 0 Å². The van der Waals surface area contributed by atoms with Crippen molar-refractivity contribution in [2.45, 2.75) is 37.5 Å². The summed E-state index contributed by atoms with van der Waals surface area (Å²) in [6, 6.07) is 18.7. The van der Waals surface area contributed by atoms with Gasteiger partial charge in [-0.25, -0.2) is 4.68 Å². The maximum Gasteiger partial charge on any atom is 0.124 e. The third-order valence-electron chi connectivity index (χ3n) is 6.61. The molecule has 2 aromatic carbocycles. The van der Waals surface area contributed by atoms with E-state index in [1.807, 2.05) is 35.1 Å². The predicted octanol–water partition coefficient (Wildman–Crippen LogP) is 3.96. The Labute approximate surface area is 183 Å². The molecule has 1 atom stereocenters. The molecule has 6 nitrogen and oxygen atoms in total. The number of nitrogens with one attached hydrogen (secondary N) is 1. The van der Waals surface area contributed by atoms with Crippen molar-refractivity contribution in [1.82, 2.24) is 20.0 Å². The van der Waals surface area contributed by atoms with E-state index in [4.69, 9.17) is 14.6 Å².